The summed E-state index contributed by atoms with van der Waals surface area (Å²) in [5, 5.41) is 0. The highest BCUT2D eigenvalue weighted by Crippen LogP contribution is 2.38. The zero-order valence-corrected chi connectivity index (χ0v) is 30.7. The molecule has 57 heavy (non-hydrogen) atoms. The zero-order valence-electron chi connectivity index (χ0n) is 30.7. The van der Waals surface area contributed by atoms with E-state index in [-0.39, 0.29) is 24.7 Å². The molecule has 4 aromatic rings. The van der Waals surface area contributed by atoms with Crippen molar-refractivity contribution in [2.75, 3.05) is 13.2 Å². The molecule has 0 amide bonds. The van der Waals surface area contributed by atoms with Gasteiger partial charge in [0.1, 0.15) is 51.6 Å². The van der Waals surface area contributed by atoms with Crippen LogP contribution in [0.1, 0.15) is 81.8 Å². The third-order valence-corrected chi connectivity index (χ3v) is 8.89. The lowest BCUT2D eigenvalue weighted by Crippen LogP contribution is -2.25. The second-order valence-corrected chi connectivity index (χ2v) is 13.3. The van der Waals surface area contributed by atoms with Gasteiger partial charge in [0.05, 0.1) is 13.2 Å². The van der Waals surface area contributed by atoms with Crippen LogP contribution >= 0.6 is 0 Å². The molecule has 15 heteroatoms. The first kappa shape index (κ1) is 44.8. The first-order chi connectivity index (χ1) is 27.1. The third-order valence-electron chi connectivity index (χ3n) is 8.89. The van der Waals surface area contributed by atoms with Gasteiger partial charge in [-0.1, -0.05) is 57.4 Å². The van der Waals surface area contributed by atoms with Crippen LogP contribution in [0.5, 0.6) is 23.0 Å². The van der Waals surface area contributed by atoms with Crippen LogP contribution in [0.3, 0.4) is 0 Å². The molecule has 0 bridgehead atoms. The molecule has 310 valence electrons. The molecule has 0 aliphatic rings. The summed E-state index contributed by atoms with van der Waals surface area (Å²) in [6.45, 7) is 4.17. The number of allylic oxidation sites excluding steroid dienone is 1. The molecule has 0 heterocycles. The van der Waals surface area contributed by atoms with Crippen molar-refractivity contribution in [3.63, 3.8) is 0 Å². The van der Waals surface area contributed by atoms with Crippen LogP contribution in [0.25, 0.3) is 0 Å². The summed E-state index contributed by atoms with van der Waals surface area (Å²) in [7, 11) is 0. The Morgan fingerprint density at radius 1 is 0.474 bits per heavy atom. The minimum Gasteiger partial charge on any atom is -0.493 e. The summed E-state index contributed by atoms with van der Waals surface area (Å²) < 4.78 is 174. The number of unbranched alkanes of at least 4 members (excludes halogenated alkanes) is 6. The van der Waals surface area contributed by atoms with E-state index in [0.29, 0.717) is 61.2 Å². The fourth-order valence-electron chi connectivity index (χ4n) is 5.99. The highest BCUT2D eigenvalue weighted by Gasteiger charge is 2.42. The van der Waals surface area contributed by atoms with Gasteiger partial charge in [-0.3, -0.25) is 0 Å². The number of halogens is 11. The second kappa shape index (κ2) is 21.0. The molecular formula is C42H41F11O4. The molecule has 4 nitrogen and oxygen atoms in total. The van der Waals surface area contributed by atoms with Crippen LogP contribution in [0.2, 0.25) is 0 Å². The molecule has 0 fully saturated rings. The number of hydrogen-bond donors (Lipinski definition) is 0. The fourth-order valence-corrected chi connectivity index (χ4v) is 5.99. The van der Waals surface area contributed by atoms with Crippen molar-refractivity contribution in [3.05, 3.63) is 131 Å². The van der Waals surface area contributed by atoms with Gasteiger partial charge in [-0.15, -0.1) is 6.58 Å². The first-order valence-corrected chi connectivity index (χ1v) is 18.3. The van der Waals surface area contributed by atoms with E-state index in [2.05, 4.69) is 16.1 Å². The Morgan fingerprint density at radius 2 is 0.912 bits per heavy atom. The number of rotatable bonds is 24. The molecule has 0 aromatic heterocycles. The average molecular weight is 819 g/mol. The molecule has 1 unspecified atom stereocenters. The molecule has 0 radical (unpaired) electrons. The Balaban J connectivity index is 1.08. The van der Waals surface area contributed by atoms with E-state index >= 15 is 0 Å². The van der Waals surface area contributed by atoms with Crippen LogP contribution in [-0.4, -0.2) is 13.2 Å². The molecule has 0 saturated carbocycles. The van der Waals surface area contributed by atoms with E-state index in [9.17, 15) is 48.3 Å². The Bertz CT molecular complexity index is 1900. The molecule has 0 aliphatic heterocycles. The minimum atomic E-state index is -4.53. The van der Waals surface area contributed by atoms with E-state index < -0.39 is 75.6 Å². The van der Waals surface area contributed by atoms with Gasteiger partial charge in [-0.2, -0.15) is 17.6 Å². The Morgan fingerprint density at radius 3 is 1.40 bits per heavy atom. The number of ether oxygens (including phenoxy) is 4. The zero-order chi connectivity index (χ0) is 41.6. The lowest BCUT2D eigenvalue weighted by Gasteiger charge is -2.20. The van der Waals surface area contributed by atoms with Gasteiger partial charge in [0, 0.05) is 30.3 Å². The Labute approximate surface area is 323 Å². The largest absolute Gasteiger partial charge is 0.493 e. The first-order valence-electron chi connectivity index (χ1n) is 18.3. The average Bonchev–Trinajstić information content (AvgIpc) is 3.13. The molecule has 4 rings (SSSR count). The van der Waals surface area contributed by atoms with Crippen molar-refractivity contribution in [3.8, 4) is 23.0 Å². The number of benzene rings is 4. The molecular weight excluding hydrogens is 777 g/mol. The Kier molecular flexibility index (Phi) is 16.5. The van der Waals surface area contributed by atoms with Crippen LogP contribution in [0, 0.1) is 46.6 Å². The fraction of sp³-hybridized carbons (Fsp3) is 0.381. The van der Waals surface area contributed by atoms with Gasteiger partial charge in [-0.25, -0.2) is 30.7 Å². The van der Waals surface area contributed by atoms with Crippen LogP contribution < -0.4 is 18.9 Å². The minimum absolute atomic E-state index is 0.0496. The predicted octanol–water partition coefficient (Wildman–Crippen LogP) is 13.5. The van der Waals surface area contributed by atoms with Crippen molar-refractivity contribution in [1.82, 2.24) is 0 Å². The van der Waals surface area contributed by atoms with Crippen molar-refractivity contribution in [2.24, 2.45) is 5.92 Å². The highest BCUT2D eigenvalue weighted by molar-refractivity contribution is 5.34. The van der Waals surface area contributed by atoms with Gasteiger partial charge in [0.15, 0.2) is 23.3 Å². The summed E-state index contributed by atoms with van der Waals surface area (Å²) >= 11 is 0. The van der Waals surface area contributed by atoms with Crippen LogP contribution in [0.4, 0.5) is 48.3 Å². The van der Waals surface area contributed by atoms with Gasteiger partial charge >= 0.3 is 12.2 Å². The second-order valence-electron chi connectivity index (χ2n) is 13.3. The van der Waals surface area contributed by atoms with E-state index in [1.54, 1.807) is 0 Å². The maximum absolute atomic E-state index is 14.5. The lowest BCUT2D eigenvalue weighted by molar-refractivity contribution is -0.189. The van der Waals surface area contributed by atoms with Gasteiger partial charge < -0.3 is 18.9 Å². The summed E-state index contributed by atoms with van der Waals surface area (Å²) in [4.78, 5) is 0. The predicted molar refractivity (Wildman–Crippen MR) is 190 cm³/mol. The molecule has 0 N–H and O–H groups in total. The van der Waals surface area contributed by atoms with E-state index in [1.165, 1.54) is 6.07 Å². The Hall–Kier alpha value is -4.95. The summed E-state index contributed by atoms with van der Waals surface area (Å²) in [6, 6.07) is 7.40. The molecule has 0 spiro atoms. The maximum atomic E-state index is 14.5. The molecule has 1 atom stereocenters. The van der Waals surface area contributed by atoms with E-state index in [1.807, 2.05) is 6.08 Å². The SMILES string of the molecule is C=CCC(CCCCCCOc1ccc(C(F)(F)Oc2ccc(F)c(F)c2)c(F)c1)CCCCCCOc1cc(F)c(C(F)(F)Oc2ccc(F)c(F)c2)c(F)c1. The number of alkyl halides is 4. The van der Waals surface area contributed by atoms with Crippen molar-refractivity contribution >= 4 is 0 Å². The molecule has 0 saturated heterocycles. The quantitative estimate of drug-likeness (QED) is 0.0401. The van der Waals surface area contributed by atoms with E-state index in [0.717, 1.165) is 76.0 Å². The smallest absolute Gasteiger partial charge is 0.432 e. The van der Waals surface area contributed by atoms with Crippen molar-refractivity contribution in [2.45, 2.75) is 82.8 Å². The van der Waals surface area contributed by atoms with Gasteiger partial charge in [-0.05, 0) is 61.6 Å². The summed E-state index contributed by atoms with van der Waals surface area (Å²) in [5.41, 5.74) is -2.79. The van der Waals surface area contributed by atoms with Crippen molar-refractivity contribution in [1.29, 1.82) is 0 Å². The third kappa shape index (κ3) is 13.6. The maximum Gasteiger partial charge on any atom is 0.432 e. The summed E-state index contributed by atoms with van der Waals surface area (Å²) in [5.74, 6) is -11.3. The van der Waals surface area contributed by atoms with E-state index in [4.69, 9.17) is 9.47 Å². The summed E-state index contributed by atoms with van der Waals surface area (Å²) in [6.07, 6.45) is 2.40. The van der Waals surface area contributed by atoms with Crippen molar-refractivity contribution < 1.29 is 67.2 Å². The van der Waals surface area contributed by atoms with Gasteiger partial charge in [0.25, 0.3) is 0 Å². The standard InChI is InChI=1S/C42H41F11O4/c1-2-11-27(12-7-3-5-9-20-54-28-14-17-32(35(45)22-28)41(50,51)56-29-15-18-33(43)36(46)23-29)13-8-4-6-10-21-55-31-25-38(48)40(39(49)26-31)42(52,53)57-30-16-19-34(44)37(47)24-30/h2,14-19,22-27H,1,3-13,20-21H2. The topological polar surface area (TPSA) is 36.9 Å². The van der Waals surface area contributed by atoms with Crippen LogP contribution in [0.15, 0.2) is 79.4 Å². The number of hydrogen-bond acceptors (Lipinski definition) is 4. The lowest BCUT2D eigenvalue weighted by atomic mass is 9.92. The van der Waals surface area contributed by atoms with Gasteiger partial charge in [0.2, 0.25) is 0 Å². The molecule has 0 aliphatic carbocycles. The highest BCUT2D eigenvalue weighted by atomic mass is 19.3. The normalized spacial score (nSPS) is 12.3. The monoisotopic (exact) mass is 818 g/mol. The van der Waals surface area contributed by atoms with Crippen LogP contribution in [-0.2, 0) is 12.2 Å². The molecule has 4 aromatic carbocycles.